The number of aliphatic hydroxyl groups excluding tert-OH is 2. The van der Waals surface area contributed by atoms with Gasteiger partial charge in [-0.3, -0.25) is 0 Å². The summed E-state index contributed by atoms with van der Waals surface area (Å²) >= 11 is 0. The molecule has 0 radical (unpaired) electrons. The van der Waals surface area contributed by atoms with Gasteiger partial charge in [-0.05, 0) is 91.1 Å². The number of rotatable bonds is 39. The Labute approximate surface area is 339 Å². The van der Waals surface area contributed by atoms with Crippen LogP contribution in [0.4, 0.5) is 0 Å². The van der Waals surface area contributed by atoms with E-state index in [0.29, 0.717) is 25.4 Å². The average Bonchev–Trinajstić information content (AvgIpc) is 3.10. The predicted molar refractivity (Wildman–Crippen MR) is 230 cm³/mol. The van der Waals surface area contributed by atoms with E-state index in [0.717, 1.165) is 76.5 Å². The largest absolute Gasteiger partial charge is 0.500 e. The minimum Gasteiger partial charge on any atom is -0.460 e. The second kappa shape index (κ2) is 31.4. The molecule has 0 aromatic carbocycles. The standard InChI is InChI=1S/C40H85NO11Si3/c1-36(2)39(44)51-28-27-50-34-38(43)33-48-25-18-13-12-14-19-30-54(10,11)52-40(3,4)35-53(8,9)29-21-26-49-32-37(42)22-16-15-17-23-41-24-20-31-55(45-5,46-6)47-7/h37-38,41-43H,1,12-35H2,2-11H3. The number of unbranched alkanes of at least 4 members (excludes halogenated alkanes) is 6. The van der Waals surface area contributed by atoms with E-state index in [1.165, 1.54) is 31.4 Å². The first-order valence-electron chi connectivity index (χ1n) is 20.9. The van der Waals surface area contributed by atoms with E-state index in [-0.39, 0.29) is 32.0 Å². The fraction of sp³-hybridized carbons (Fsp3) is 0.925. The monoisotopic (exact) mass is 840 g/mol. The molecule has 328 valence electrons. The number of ether oxygens (including phenoxy) is 4. The van der Waals surface area contributed by atoms with Crippen molar-refractivity contribution in [2.45, 2.75) is 160 Å². The van der Waals surface area contributed by atoms with Gasteiger partial charge >= 0.3 is 14.8 Å². The molecule has 0 saturated carbocycles. The topological polar surface area (TPSA) is 143 Å². The van der Waals surface area contributed by atoms with Crippen LogP contribution >= 0.6 is 0 Å². The Kier molecular flexibility index (Phi) is 31.1. The van der Waals surface area contributed by atoms with Gasteiger partial charge in [0.05, 0.1) is 40.6 Å². The number of carbonyl (C=O) groups is 1. The van der Waals surface area contributed by atoms with Gasteiger partial charge in [0.2, 0.25) is 0 Å². The van der Waals surface area contributed by atoms with Gasteiger partial charge < -0.3 is 52.2 Å². The molecule has 12 nitrogen and oxygen atoms in total. The summed E-state index contributed by atoms with van der Waals surface area (Å²) in [7, 11) is -0.784. The fourth-order valence-electron chi connectivity index (χ4n) is 7.04. The number of hydrogen-bond donors (Lipinski definition) is 3. The molecule has 0 fully saturated rings. The van der Waals surface area contributed by atoms with Gasteiger partial charge in [-0.1, -0.05) is 64.2 Å². The van der Waals surface area contributed by atoms with E-state index >= 15 is 0 Å². The zero-order valence-electron chi connectivity index (χ0n) is 36.9. The molecular formula is C40H85NO11Si3. The Morgan fingerprint density at radius 3 is 1.85 bits per heavy atom. The minimum absolute atomic E-state index is 0.117. The number of aliphatic hydroxyl groups is 2. The molecule has 0 aliphatic rings. The van der Waals surface area contributed by atoms with E-state index in [2.05, 4.69) is 51.9 Å². The third-order valence-electron chi connectivity index (χ3n) is 9.57. The molecule has 2 atom stereocenters. The Balaban J connectivity index is 3.94. The number of hydrogen-bond acceptors (Lipinski definition) is 12. The van der Waals surface area contributed by atoms with Crippen LogP contribution in [0.15, 0.2) is 12.2 Å². The SMILES string of the molecule is C=C(C)C(=O)OCCOCC(O)COCCCCCCC[Si](C)(C)OC(C)(C)C[Si](C)(C)CCCOCC(O)CCCCCNCCC[Si](OC)(OC)OC. The number of nitrogens with one attached hydrogen (secondary N) is 1. The van der Waals surface area contributed by atoms with Gasteiger partial charge in [-0.15, -0.1) is 0 Å². The smallest absolute Gasteiger partial charge is 0.460 e. The molecule has 0 bridgehead atoms. The summed E-state index contributed by atoms with van der Waals surface area (Å²) in [6.45, 7) is 23.7. The molecule has 15 heteroatoms. The third-order valence-corrected chi connectivity index (χ3v) is 18.6. The normalized spacial score (nSPS) is 14.0. The molecule has 0 aromatic heterocycles. The highest BCUT2D eigenvalue weighted by Crippen LogP contribution is 2.32. The highest BCUT2D eigenvalue weighted by molar-refractivity contribution is 6.77. The molecule has 55 heavy (non-hydrogen) atoms. The lowest BCUT2D eigenvalue weighted by molar-refractivity contribution is -0.140. The molecular weight excluding hydrogens is 755 g/mol. The quantitative estimate of drug-likeness (QED) is 0.0247. The number of esters is 1. The first-order valence-corrected chi connectivity index (χ1v) is 29.4. The van der Waals surface area contributed by atoms with Crippen molar-refractivity contribution in [3.63, 3.8) is 0 Å². The minimum atomic E-state index is -2.47. The van der Waals surface area contributed by atoms with E-state index < -0.39 is 43.4 Å². The highest BCUT2D eigenvalue weighted by Gasteiger charge is 2.37. The van der Waals surface area contributed by atoms with Crippen molar-refractivity contribution in [1.82, 2.24) is 5.32 Å². The molecule has 0 amide bonds. The fourth-order valence-corrected chi connectivity index (χ4v) is 15.3. The van der Waals surface area contributed by atoms with Crippen LogP contribution in [0.3, 0.4) is 0 Å². The van der Waals surface area contributed by atoms with Crippen LogP contribution in [0.25, 0.3) is 0 Å². The zero-order valence-corrected chi connectivity index (χ0v) is 39.9. The second-order valence-corrected chi connectivity index (χ2v) is 29.5. The van der Waals surface area contributed by atoms with Crippen molar-refractivity contribution in [1.29, 1.82) is 0 Å². The summed E-state index contributed by atoms with van der Waals surface area (Å²) in [6.07, 6.45) is 10.5. The molecule has 0 heterocycles. The Bertz CT molecular complexity index is 962. The van der Waals surface area contributed by atoms with Gasteiger partial charge in [0.1, 0.15) is 12.7 Å². The van der Waals surface area contributed by atoms with E-state index in [9.17, 15) is 15.0 Å². The summed E-state index contributed by atoms with van der Waals surface area (Å²) in [5.41, 5.74) is 0.235. The molecule has 0 aromatic rings. The van der Waals surface area contributed by atoms with Crippen molar-refractivity contribution in [3.05, 3.63) is 12.2 Å². The van der Waals surface area contributed by atoms with Gasteiger partial charge in [0.15, 0.2) is 8.32 Å². The van der Waals surface area contributed by atoms with Gasteiger partial charge in [-0.2, -0.15) is 0 Å². The summed E-state index contributed by atoms with van der Waals surface area (Å²) in [5, 5.41) is 23.9. The van der Waals surface area contributed by atoms with Gasteiger partial charge in [-0.25, -0.2) is 4.79 Å². The van der Waals surface area contributed by atoms with E-state index in [4.69, 9.17) is 36.7 Å². The summed E-state index contributed by atoms with van der Waals surface area (Å²) < 4.78 is 45.0. The molecule has 0 aliphatic heterocycles. The van der Waals surface area contributed by atoms with Crippen LogP contribution in [0, 0.1) is 0 Å². The lowest BCUT2D eigenvalue weighted by Crippen LogP contribution is -2.45. The maximum Gasteiger partial charge on any atom is 0.500 e. The first-order chi connectivity index (χ1) is 25.9. The highest BCUT2D eigenvalue weighted by atomic mass is 28.4. The third kappa shape index (κ3) is 31.1. The van der Waals surface area contributed by atoms with Crippen LogP contribution in [-0.4, -0.2) is 140 Å². The molecule has 2 unspecified atom stereocenters. The molecule has 0 saturated heterocycles. The lowest BCUT2D eigenvalue weighted by Gasteiger charge is -2.40. The Morgan fingerprint density at radius 2 is 1.22 bits per heavy atom. The zero-order chi connectivity index (χ0) is 41.6. The second-order valence-electron chi connectivity index (χ2n) is 17.0. The van der Waals surface area contributed by atoms with Crippen molar-refractivity contribution in [2.24, 2.45) is 0 Å². The van der Waals surface area contributed by atoms with E-state index in [1.807, 2.05) is 0 Å². The molecule has 0 aliphatic carbocycles. The van der Waals surface area contributed by atoms with Crippen molar-refractivity contribution in [2.75, 3.05) is 80.7 Å². The maximum absolute atomic E-state index is 11.3. The molecule has 0 rings (SSSR count). The summed E-state index contributed by atoms with van der Waals surface area (Å²) in [4.78, 5) is 11.3. The van der Waals surface area contributed by atoms with Crippen LogP contribution in [-0.2, 0) is 41.4 Å². The van der Waals surface area contributed by atoms with Crippen molar-refractivity contribution >= 4 is 31.2 Å². The molecule has 3 N–H and O–H groups in total. The van der Waals surface area contributed by atoms with Crippen LogP contribution in [0.2, 0.25) is 50.4 Å². The summed E-state index contributed by atoms with van der Waals surface area (Å²) in [5.74, 6) is -0.437. The first kappa shape index (κ1) is 54.5. The van der Waals surface area contributed by atoms with Crippen molar-refractivity contribution in [3.8, 4) is 0 Å². The van der Waals surface area contributed by atoms with Crippen LogP contribution < -0.4 is 5.32 Å². The van der Waals surface area contributed by atoms with Crippen molar-refractivity contribution < 1.29 is 51.7 Å². The van der Waals surface area contributed by atoms with Crippen LogP contribution in [0.1, 0.15) is 91.4 Å². The van der Waals surface area contributed by atoms with Gasteiger partial charge in [0, 0.05) is 51.8 Å². The number of carbonyl (C=O) groups excluding carboxylic acids is 1. The summed E-state index contributed by atoms with van der Waals surface area (Å²) in [6, 6.07) is 4.30. The van der Waals surface area contributed by atoms with E-state index in [1.54, 1.807) is 28.3 Å². The van der Waals surface area contributed by atoms with Gasteiger partial charge in [0.25, 0.3) is 0 Å². The van der Waals surface area contributed by atoms with Crippen LogP contribution in [0.5, 0.6) is 0 Å². The Hall–Kier alpha value is -0.539. The lowest BCUT2D eigenvalue weighted by atomic mass is 10.1. The maximum atomic E-state index is 11.3. The average molecular weight is 840 g/mol. The molecule has 0 spiro atoms. The Morgan fingerprint density at radius 1 is 0.673 bits per heavy atom. The predicted octanol–water partition coefficient (Wildman–Crippen LogP) is 7.34.